The lowest BCUT2D eigenvalue weighted by Gasteiger charge is -2.10. The van der Waals surface area contributed by atoms with E-state index in [9.17, 15) is 0 Å². The minimum absolute atomic E-state index is 0.655. The highest BCUT2D eigenvalue weighted by Crippen LogP contribution is 2.49. The second kappa shape index (κ2) is 4.63. The minimum Gasteiger partial charge on any atom is -0.143 e. The average molecular weight is 448 g/mol. The van der Waals surface area contributed by atoms with Crippen molar-refractivity contribution in [2.75, 3.05) is 0 Å². The summed E-state index contributed by atoms with van der Waals surface area (Å²) < 4.78 is 2.07. The van der Waals surface area contributed by atoms with E-state index in [-0.39, 0.29) is 0 Å². The van der Waals surface area contributed by atoms with Gasteiger partial charge >= 0.3 is 0 Å². The van der Waals surface area contributed by atoms with Crippen molar-refractivity contribution in [3.8, 4) is 0 Å². The average Bonchev–Trinajstić information content (AvgIpc) is 2.57. The monoisotopic (exact) mass is 448 g/mol. The maximum atomic E-state index is 2.54. The van der Waals surface area contributed by atoms with Crippen molar-refractivity contribution < 1.29 is 0 Å². The molecule has 0 aromatic carbocycles. The number of thiophene rings is 1. The number of aryl methyl sites for hydroxylation is 1. The fourth-order valence-corrected chi connectivity index (χ4v) is 6.44. The summed E-state index contributed by atoms with van der Waals surface area (Å²) in [6, 6.07) is 2.34. The smallest absolute Gasteiger partial charge is 0.0588 e. The molecule has 0 radical (unpaired) electrons. The fourth-order valence-electron chi connectivity index (χ4n) is 1.45. The van der Waals surface area contributed by atoms with Crippen molar-refractivity contribution in [1.29, 1.82) is 0 Å². The Hall–Kier alpha value is 1.25. The van der Waals surface area contributed by atoms with Crippen LogP contribution in [0.25, 0.3) is 0 Å². The standard InChI is InChI=1S/C10H10I2S2/c1-5-3-8(12)10(13-5)9-4-7(11)6(2)14-9/h3-4,8,10H,1-2H3. The number of halogens is 2. The van der Waals surface area contributed by atoms with Crippen LogP contribution in [-0.4, -0.2) is 3.92 Å². The molecule has 1 aromatic heterocycles. The molecule has 0 amide bonds. The van der Waals surface area contributed by atoms with E-state index >= 15 is 0 Å². The molecule has 2 rings (SSSR count). The molecule has 0 aliphatic carbocycles. The van der Waals surface area contributed by atoms with E-state index in [0.29, 0.717) is 9.17 Å². The first kappa shape index (κ1) is 11.7. The maximum absolute atomic E-state index is 2.54. The third-order valence-corrected chi connectivity index (χ3v) is 7.80. The van der Waals surface area contributed by atoms with Gasteiger partial charge in [0, 0.05) is 17.2 Å². The molecule has 0 nitrogen and oxygen atoms in total. The summed E-state index contributed by atoms with van der Waals surface area (Å²) in [5, 5.41) is 0.655. The molecule has 76 valence electrons. The molecule has 1 aliphatic heterocycles. The number of thioether (sulfide) groups is 1. The van der Waals surface area contributed by atoms with Crippen LogP contribution >= 0.6 is 68.3 Å². The van der Waals surface area contributed by atoms with Gasteiger partial charge in [-0.25, -0.2) is 0 Å². The first-order chi connectivity index (χ1) is 6.58. The predicted molar refractivity (Wildman–Crippen MR) is 83.7 cm³/mol. The Bertz CT molecular complexity index is 362. The topological polar surface area (TPSA) is 0 Å². The van der Waals surface area contributed by atoms with Crippen LogP contribution in [0.1, 0.15) is 21.9 Å². The quantitative estimate of drug-likeness (QED) is 0.423. The fraction of sp³-hybridized carbons (Fsp3) is 0.400. The van der Waals surface area contributed by atoms with E-state index < -0.39 is 0 Å². The molecule has 1 aromatic rings. The summed E-state index contributed by atoms with van der Waals surface area (Å²) in [6.07, 6.45) is 2.37. The van der Waals surface area contributed by atoms with Crippen molar-refractivity contribution >= 4 is 68.3 Å². The molecular weight excluding hydrogens is 438 g/mol. The Morgan fingerprint density at radius 3 is 2.50 bits per heavy atom. The predicted octanol–water partition coefficient (Wildman–Crippen LogP) is 5.16. The molecule has 2 unspecified atom stereocenters. The van der Waals surface area contributed by atoms with E-state index in [2.05, 4.69) is 71.2 Å². The summed E-state index contributed by atoms with van der Waals surface area (Å²) in [7, 11) is 0. The lowest BCUT2D eigenvalue weighted by molar-refractivity contribution is 1.07. The van der Waals surface area contributed by atoms with Gasteiger partial charge in [0.05, 0.1) is 5.25 Å². The Labute approximate surface area is 120 Å². The second-order valence-corrected chi connectivity index (χ2v) is 8.59. The van der Waals surface area contributed by atoms with Crippen molar-refractivity contribution in [3.63, 3.8) is 0 Å². The van der Waals surface area contributed by atoms with Gasteiger partial charge in [-0.2, -0.15) is 0 Å². The van der Waals surface area contributed by atoms with Gasteiger partial charge < -0.3 is 0 Å². The summed E-state index contributed by atoms with van der Waals surface area (Å²) in [4.78, 5) is 4.45. The third kappa shape index (κ3) is 2.32. The molecule has 0 saturated heterocycles. The highest BCUT2D eigenvalue weighted by atomic mass is 127. The van der Waals surface area contributed by atoms with Gasteiger partial charge in [0.2, 0.25) is 0 Å². The number of alkyl halides is 1. The lowest BCUT2D eigenvalue weighted by atomic mass is 10.2. The van der Waals surface area contributed by atoms with Crippen LogP contribution < -0.4 is 0 Å². The second-order valence-electron chi connectivity index (χ2n) is 3.31. The van der Waals surface area contributed by atoms with Gasteiger partial charge in [0.15, 0.2) is 0 Å². The lowest BCUT2D eigenvalue weighted by Crippen LogP contribution is -1.98. The van der Waals surface area contributed by atoms with Crippen LogP contribution in [0.4, 0.5) is 0 Å². The molecular formula is C10H10I2S2. The normalized spacial score (nSPS) is 26.7. The van der Waals surface area contributed by atoms with E-state index in [1.807, 2.05) is 23.1 Å². The summed E-state index contributed by atoms with van der Waals surface area (Å²) >= 11 is 8.93. The van der Waals surface area contributed by atoms with E-state index in [1.54, 1.807) is 0 Å². The molecule has 1 aliphatic rings. The minimum atomic E-state index is 0.655. The molecule has 2 heterocycles. The highest BCUT2D eigenvalue weighted by Gasteiger charge is 2.27. The van der Waals surface area contributed by atoms with E-state index in [4.69, 9.17) is 0 Å². The van der Waals surface area contributed by atoms with Crippen molar-refractivity contribution in [3.05, 3.63) is 30.4 Å². The molecule has 2 atom stereocenters. The molecule has 0 N–H and O–H groups in total. The Balaban J connectivity index is 2.25. The van der Waals surface area contributed by atoms with Crippen LogP contribution in [-0.2, 0) is 0 Å². The maximum Gasteiger partial charge on any atom is 0.0588 e. The molecule has 0 fully saturated rings. The van der Waals surface area contributed by atoms with Crippen LogP contribution in [0.15, 0.2) is 17.0 Å². The Morgan fingerprint density at radius 1 is 1.36 bits per heavy atom. The van der Waals surface area contributed by atoms with E-state index in [0.717, 1.165) is 0 Å². The van der Waals surface area contributed by atoms with E-state index in [1.165, 1.54) is 18.2 Å². The molecule has 0 bridgehead atoms. The van der Waals surface area contributed by atoms with Gasteiger partial charge in [0.1, 0.15) is 0 Å². The Kier molecular flexibility index (Phi) is 3.88. The van der Waals surface area contributed by atoms with Gasteiger partial charge in [-0.1, -0.05) is 28.7 Å². The van der Waals surface area contributed by atoms with Gasteiger partial charge in [0.25, 0.3) is 0 Å². The number of rotatable bonds is 1. The zero-order valence-corrected chi connectivity index (χ0v) is 13.8. The summed E-state index contributed by atoms with van der Waals surface area (Å²) in [5.41, 5.74) is 0. The number of allylic oxidation sites excluding steroid dienone is 2. The number of hydrogen-bond acceptors (Lipinski definition) is 2. The SMILES string of the molecule is CC1=CC(I)C(c2cc(I)c(C)s2)S1. The third-order valence-electron chi connectivity index (χ3n) is 2.15. The number of hydrogen-bond donors (Lipinski definition) is 0. The first-order valence-corrected chi connectivity index (χ1v) is 8.35. The summed E-state index contributed by atoms with van der Waals surface area (Å²) in [6.45, 7) is 4.42. The van der Waals surface area contributed by atoms with Gasteiger partial charge in [-0.15, -0.1) is 23.1 Å². The zero-order valence-electron chi connectivity index (χ0n) is 7.88. The zero-order chi connectivity index (χ0) is 10.3. The van der Waals surface area contributed by atoms with Crippen LogP contribution in [0.3, 0.4) is 0 Å². The van der Waals surface area contributed by atoms with Crippen molar-refractivity contribution in [2.45, 2.75) is 23.0 Å². The van der Waals surface area contributed by atoms with Crippen molar-refractivity contribution in [2.24, 2.45) is 0 Å². The molecule has 0 saturated carbocycles. The molecule has 0 spiro atoms. The largest absolute Gasteiger partial charge is 0.143 e. The van der Waals surface area contributed by atoms with Crippen molar-refractivity contribution in [1.82, 2.24) is 0 Å². The van der Waals surface area contributed by atoms with Gasteiger partial charge in [-0.05, 0) is 47.4 Å². The molecule has 4 heteroatoms. The van der Waals surface area contributed by atoms with Gasteiger partial charge in [-0.3, -0.25) is 0 Å². The molecule has 14 heavy (non-hydrogen) atoms. The summed E-state index contributed by atoms with van der Waals surface area (Å²) in [5.74, 6) is 0. The Morgan fingerprint density at radius 2 is 2.07 bits per heavy atom. The first-order valence-electron chi connectivity index (χ1n) is 4.33. The highest BCUT2D eigenvalue weighted by molar-refractivity contribution is 14.1. The van der Waals surface area contributed by atoms with Crippen LogP contribution in [0.5, 0.6) is 0 Å². The van der Waals surface area contributed by atoms with Crippen LogP contribution in [0.2, 0.25) is 0 Å². The van der Waals surface area contributed by atoms with Crippen LogP contribution in [0, 0.1) is 10.5 Å².